The molecule has 0 radical (unpaired) electrons. The summed E-state index contributed by atoms with van der Waals surface area (Å²) in [4.78, 5) is 26.3. The van der Waals surface area contributed by atoms with E-state index in [1.54, 1.807) is 19.9 Å². The van der Waals surface area contributed by atoms with Crippen molar-refractivity contribution in [2.45, 2.75) is 25.5 Å². The molecule has 1 fully saturated rings. The number of nitrogens with one attached hydrogen (secondary N) is 3. The molecule has 0 aliphatic carbocycles. The fourth-order valence-electron chi connectivity index (χ4n) is 2.45. The average Bonchev–Trinajstić information content (AvgIpc) is 3.02. The number of hydrogen-bond acceptors (Lipinski definition) is 7. The summed E-state index contributed by atoms with van der Waals surface area (Å²) in [7, 11) is 0. The molecule has 1 unspecified atom stereocenters. The zero-order chi connectivity index (χ0) is 18.1. The number of carbonyl (C=O) groups is 2. The van der Waals surface area contributed by atoms with E-state index in [1.165, 1.54) is 11.8 Å². The van der Waals surface area contributed by atoms with Gasteiger partial charge in [-0.1, -0.05) is 5.16 Å². The molecule has 25 heavy (non-hydrogen) atoms. The Hall–Kier alpha value is -1.58. The van der Waals surface area contributed by atoms with Gasteiger partial charge in [0.1, 0.15) is 5.76 Å². The summed E-state index contributed by atoms with van der Waals surface area (Å²) >= 11 is 1.30. The van der Waals surface area contributed by atoms with Gasteiger partial charge >= 0.3 is 0 Å². The van der Waals surface area contributed by atoms with Crippen LogP contribution in [0.4, 0.5) is 5.82 Å². The van der Waals surface area contributed by atoms with Gasteiger partial charge in [-0.15, -0.1) is 11.8 Å². The monoisotopic (exact) mass is 369 g/mol. The highest BCUT2D eigenvalue weighted by Gasteiger charge is 2.16. The fraction of sp³-hybridized carbons (Fsp3) is 0.688. The first kappa shape index (κ1) is 19.7. The van der Waals surface area contributed by atoms with Gasteiger partial charge in [0.2, 0.25) is 11.8 Å². The molecule has 2 heterocycles. The summed E-state index contributed by atoms with van der Waals surface area (Å²) in [5, 5.41) is 12.3. The summed E-state index contributed by atoms with van der Waals surface area (Å²) in [5.74, 6) is 1.07. The largest absolute Gasteiger partial charge is 0.360 e. The lowest BCUT2D eigenvalue weighted by Gasteiger charge is -2.27. The molecular formula is C16H27N5O3S. The standard InChI is InChI=1S/C16H27N5O3S/c1-12-10-14(20-24-12)19-16(23)13(2)25-11-15(22)18-4-3-7-21-8-5-17-6-9-21/h10,13,17H,3-9,11H2,1-2H3,(H,18,22)(H,19,20,23). The van der Waals surface area contributed by atoms with Gasteiger partial charge < -0.3 is 25.4 Å². The van der Waals surface area contributed by atoms with Crippen LogP contribution in [-0.2, 0) is 9.59 Å². The first-order chi connectivity index (χ1) is 12.0. The van der Waals surface area contributed by atoms with Crippen LogP contribution in [0.5, 0.6) is 0 Å². The summed E-state index contributed by atoms with van der Waals surface area (Å²) in [5.41, 5.74) is 0. The Balaban J connectivity index is 1.54. The zero-order valence-electron chi connectivity index (χ0n) is 14.8. The third kappa shape index (κ3) is 7.45. The summed E-state index contributed by atoms with van der Waals surface area (Å²) in [6, 6.07) is 1.65. The number of aromatic nitrogens is 1. The van der Waals surface area contributed by atoms with E-state index < -0.39 is 0 Å². The lowest BCUT2D eigenvalue weighted by molar-refractivity contribution is -0.118. The van der Waals surface area contributed by atoms with E-state index in [-0.39, 0.29) is 22.8 Å². The van der Waals surface area contributed by atoms with Crippen molar-refractivity contribution >= 4 is 29.4 Å². The van der Waals surface area contributed by atoms with Crippen LogP contribution < -0.4 is 16.0 Å². The lowest BCUT2D eigenvalue weighted by Crippen LogP contribution is -2.44. The van der Waals surface area contributed by atoms with Crippen LogP contribution in [0.1, 0.15) is 19.1 Å². The van der Waals surface area contributed by atoms with Gasteiger partial charge in [-0.2, -0.15) is 0 Å². The van der Waals surface area contributed by atoms with Gasteiger partial charge in [0.05, 0.1) is 11.0 Å². The van der Waals surface area contributed by atoms with Crippen molar-refractivity contribution in [3.63, 3.8) is 0 Å². The Bertz CT molecular complexity index is 560. The second kappa shape index (κ2) is 10.4. The molecule has 0 spiro atoms. The average molecular weight is 369 g/mol. The molecule has 0 bridgehead atoms. The van der Waals surface area contributed by atoms with E-state index >= 15 is 0 Å². The van der Waals surface area contributed by atoms with Crippen molar-refractivity contribution in [1.29, 1.82) is 0 Å². The maximum atomic E-state index is 12.0. The maximum Gasteiger partial charge on any atom is 0.238 e. The highest BCUT2D eigenvalue weighted by atomic mass is 32.2. The first-order valence-corrected chi connectivity index (χ1v) is 9.65. The Labute approximate surface area is 152 Å². The quantitative estimate of drug-likeness (QED) is 0.544. The number of hydrogen-bond donors (Lipinski definition) is 3. The van der Waals surface area contributed by atoms with Crippen LogP contribution in [0.2, 0.25) is 0 Å². The Morgan fingerprint density at radius 3 is 2.88 bits per heavy atom. The number of carbonyl (C=O) groups excluding carboxylic acids is 2. The number of amides is 2. The number of thioether (sulfide) groups is 1. The Morgan fingerprint density at radius 2 is 2.20 bits per heavy atom. The summed E-state index contributed by atoms with van der Waals surface area (Å²) < 4.78 is 4.90. The van der Waals surface area contributed by atoms with E-state index in [4.69, 9.17) is 4.52 Å². The number of nitrogens with zero attached hydrogens (tertiary/aromatic N) is 2. The van der Waals surface area contributed by atoms with Crippen LogP contribution in [0.15, 0.2) is 10.6 Å². The molecule has 0 aromatic carbocycles. The second-order valence-corrected chi connectivity index (χ2v) is 7.39. The Morgan fingerprint density at radius 1 is 1.44 bits per heavy atom. The number of aryl methyl sites for hydroxylation is 1. The molecule has 140 valence electrons. The number of piperazine rings is 1. The zero-order valence-corrected chi connectivity index (χ0v) is 15.7. The van der Waals surface area contributed by atoms with Crippen molar-refractivity contribution in [3.8, 4) is 0 Å². The summed E-state index contributed by atoms with van der Waals surface area (Å²) in [6.07, 6.45) is 0.942. The second-order valence-electron chi connectivity index (χ2n) is 6.06. The van der Waals surface area contributed by atoms with E-state index in [9.17, 15) is 9.59 Å². The third-order valence-corrected chi connectivity index (χ3v) is 5.04. The lowest BCUT2D eigenvalue weighted by atomic mass is 10.3. The normalized spacial score (nSPS) is 16.4. The van der Waals surface area contributed by atoms with Gasteiger partial charge in [-0.25, -0.2) is 0 Å². The number of rotatable bonds is 9. The molecule has 2 rings (SSSR count). The highest BCUT2D eigenvalue weighted by molar-refractivity contribution is 8.01. The van der Waals surface area contributed by atoms with E-state index in [2.05, 4.69) is 26.0 Å². The molecule has 0 saturated carbocycles. The number of anilines is 1. The molecular weight excluding hydrogens is 342 g/mol. The van der Waals surface area contributed by atoms with Gasteiger partial charge in [-0.3, -0.25) is 9.59 Å². The van der Waals surface area contributed by atoms with Gasteiger partial charge in [0, 0.05) is 38.8 Å². The smallest absolute Gasteiger partial charge is 0.238 e. The van der Waals surface area contributed by atoms with Gasteiger partial charge in [0.25, 0.3) is 0 Å². The van der Waals surface area contributed by atoms with Crippen molar-refractivity contribution in [3.05, 3.63) is 11.8 Å². The fourth-order valence-corrected chi connectivity index (χ4v) is 3.16. The van der Waals surface area contributed by atoms with Crippen molar-refractivity contribution < 1.29 is 14.1 Å². The minimum atomic E-state index is -0.344. The first-order valence-electron chi connectivity index (χ1n) is 8.60. The SMILES string of the molecule is Cc1cc(NC(=O)C(C)SCC(=O)NCCCN2CCNCC2)no1. The minimum Gasteiger partial charge on any atom is -0.360 e. The molecule has 8 nitrogen and oxygen atoms in total. The highest BCUT2D eigenvalue weighted by Crippen LogP contribution is 2.14. The van der Waals surface area contributed by atoms with Crippen molar-refractivity contribution in [2.75, 3.05) is 50.3 Å². The molecule has 1 aliphatic rings. The minimum absolute atomic E-state index is 0.0396. The maximum absolute atomic E-state index is 12.0. The van der Waals surface area contributed by atoms with Crippen LogP contribution in [0.3, 0.4) is 0 Å². The predicted molar refractivity (Wildman–Crippen MR) is 98.7 cm³/mol. The Kier molecular flexibility index (Phi) is 8.23. The van der Waals surface area contributed by atoms with Gasteiger partial charge in [0.15, 0.2) is 5.82 Å². The van der Waals surface area contributed by atoms with E-state index in [0.717, 1.165) is 39.1 Å². The molecule has 2 amide bonds. The van der Waals surface area contributed by atoms with Crippen LogP contribution in [0, 0.1) is 6.92 Å². The van der Waals surface area contributed by atoms with Crippen LogP contribution in [-0.4, -0.2) is 72.1 Å². The molecule has 1 aromatic heterocycles. The molecule has 9 heteroatoms. The van der Waals surface area contributed by atoms with E-state index in [0.29, 0.717) is 18.1 Å². The van der Waals surface area contributed by atoms with E-state index in [1.807, 2.05) is 0 Å². The molecule has 1 aliphatic heterocycles. The van der Waals surface area contributed by atoms with Crippen molar-refractivity contribution in [1.82, 2.24) is 20.7 Å². The van der Waals surface area contributed by atoms with Crippen molar-refractivity contribution in [2.24, 2.45) is 0 Å². The summed E-state index contributed by atoms with van der Waals surface area (Å²) in [6.45, 7) is 9.42. The predicted octanol–water partition coefficient (Wildman–Crippen LogP) is 0.455. The third-order valence-electron chi connectivity index (χ3n) is 3.90. The van der Waals surface area contributed by atoms with Crippen LogP contribution in [0.25, 0.3) is 0 Å². The van der Waals surface area contributed by atoms with Gasteiger partial charge in [-0.05, 0) is 26.8 Å². The van der Waals surface area contributed by atoms with Crippen LogP contribution >= 0.6 is 11.8 Å². The molecule has 3 N–H and O–H groups in total. The molecule has 1 saturated heterocycles. The molecule has 1 aromatic rings. The topological polar surface area (TPSA) is 99.5 Å². The molecule has 1 atom stereocenters.